The molecule has 7 heteroatoms. The van der Waals surface area contributed by atoms with E-state index in [0.29, 0.717) is 5.75 Å². The normalized spacial score (nSPS) is 16.6. The van der Waals surface area contributed by atoms with Crippen molar-refractivity contribution in [3.8, 4) is 5.75 Å². The third-order valence-electron chi connectivity index (χ3n) is 2.81. The van der Waals surface area contributed by atoms with Crippen LogP contribution in [0, 0.1) is 0 Å². The van der Waals surface area contributed by atoms with Crippen LogP contribution in [0.25, 0.3) is 6.08 Å². The van der Waals surface area contributed by atoms with Crippen molar-refractivity contribution in [3.63, 3.8) is 0 Å². The van der Waals surface area contributed by atoms with E-state index in [1.165, 1.54) is 0 Å². The first-order chi connectivity index (χ1) is 10.0. The molecule has 0 aliphatic carbocycles. The number of hydrogen-bond donors (Lipinski definition) is 1. The molecule has 0 radical (unpaired) electrons. The van der Waals surface area contributed by atoms with Gasteiger partial charge in [0.15, 0.2) is 0 Å². The molecule has 1 aliphatic heterocycles. The van der Waals surface area contributed by atoms with E-state index in [4.69, 9.17) is 9.84 Å². The fourth-order valence-electron chi connectivity index (χ4n) is 1.78. The fraction of sp³-hybridized carbons (Fsp3) is 0.214. The van der Waals surface area contributed by atoms with Crippen molar-refractivity contribution in [1.82, 2.24) is 4.90 Å². The highest BCUT2D eigenvalue weighted by molar-refractivity contribution is 8.18. The molecule has 1 heterocycles. The second kappa shape index (κ2) is 6.45. The van der Waals surface area contributed by atoms with Gasteiger partial charge in [-0.2, -0.15) is 0 Å². The summed E-state index contributed by atoms with van der Waals surface area (Å²) in [6, 6.07) is 7.08. The van der Waals surface area contributed by atoms with Crippen LogP contribution < -0.4 is 4.74 Å². The van der Waals surface area contributed by atoms with Crippen molar-refractivity contribution in [1.29, 1.82) is 0 Å². The van der Waals surface area contributed by atoms with Crippen LogP contribution in [0.3, 0.4) is 0 Å². The first-order valence-electron chi connectivity index (χ1n) is 6.12. The van der Waals surface area contributed by atoms with E-state index in [-0.39, 0.29) is 17.9 Å². The predicted octanol–water partition coefficient (Wildman–Crippen LogP) is 2.21. The average molecular weight is 307 g/mol. The second-order valence-electron chi connectivity index (χ2n) is 4.25. The highest BCUT2D eigenvalue weighted by atomic mass is 32.2. The number of rotatable bonds is 5. The summed E-state index contributed by atoms with van der Waals surface area (Å²) in [5.74, 6) is -0.867. The lowest BCUT2D eigenvalue weighted by Crippen LogP contribution is -2.30. The molecule has 0 spiro atoms. The van der Waals surface area contributed by atoms with Gasteiger partial charge >= 0.3 is 5.97 Å². The number of nitrogens with zero attached hydrogens (tertiary/aromatic N) is 1. The van der Waals surface area contributed by atoms with Crippen molar-refractivity contribution >= 4 is 35.0 Å². The zero-order valence-electron chi connectivity index (χ0n) is 11.2. The molecule has 21 heavy (non-hydrogen) atoms. The topological polar surface area (TPSA) is 83.9 Å². The monoisotopic (exact) mass is 307 g/mol. The summed E-state index contributed by atoms with van der Waals surface area (Å²) in [6.07, 6.45) is 1.33. The van der Waals surface area contributed by atoms with Crippen molar-refractivity contribution in [2.75, 3.05) is 13.7 Å². The highest BCUT2D eigenvalue weighted by Crippen LogP contribution is 2.32. The molecule has 110 valence electrons. The Morgan fingerprint density at radius 1 is 1.43 bits per heavy atom. The highest BCUT2D eigenvalue weighted by Gasteiger charge is 2.34. The van der Waals surface area contributed by atoms with Crippen molar-refractivity contribution in [3.05, 3.63) is 34.7 Å². The van der Waals surface area contributed by atoms with Crippen molar-refractivity contribution in [2.45, 2.75) is 6.42 Å². The Kier molecular flexibility index (Phi) is 4.64. The minimum atomic E-state index is -1.05. The van der Waals surface area contributed by atoms with Crippen molar-refractivity contribution < 1.29 is 24.2 Å². The van der Waals surface area contributed by atoms with E-state index >= 15 is 0 Å². The smallest absolute Gasteiger partial charge is 0.305 e. The summed E-state index contributed by atoms with van der Waals surface area (Å²) < 4.78 is 5.09. The minimum absolute atomic E-state index is 0.116. The molecule has 2 rings (SSSR count). The van der Waals surface area contributed by atoms with Gasteiger partial charge in [0.25, 0.3) is 11.1 Å². The third kappa shape index (κ3) is 3.63. The van der Waals surface area contributed by atoms with Crippen LogP contribution in [0.2, 0.25) is 0 Å². The number of methoxy groups -OCH3 is 1. The number of imide groups is 1. The lowest BCUT2D eigenvalue weighted by molar-refractivity contribution is -0.137. The number of amides is 2. The lowest BCUT2D eigenvalue weighted by Gasteiger charge is -2.09. The Morgan fingerprint density at radius 3 is 2.86 bits per heavy atom. The molecular weight excluding hydrogens is 294 g/mol. The van der Waals surface area contributed by atoms with Crippen molar-refractivity contribution in [2.24, 2.45) is 0 Å². The first kappa shape index (κ1) is 15.1. The van der Waals surface area contributed by atoms with Gasteiger partial charge in [-0.15, -0.1) is 0 Å². The zero-order chi connectivity index (χ0) is 15.4. The Labute approximate surface area is 125 Å². The SMILES string of the molecule is COc1cccc(C=C2SC(=O)N(CCC(=O)O)C2=O)c1. The molecule has 1 aromatic rings. The van der Waals surface area contributed by atoms with Gasteiger partial charge < -0.3 is 9.84 Å². The quantitative estimate of drug-likeness (QED) is 0.840. The predicted molar refractivity (Wildman–Crippen MR) is 77.9 cm³/mol. The van der Waals surface area contributed by atoms with Crippen LogP contribution in [0.4, 0.5) is 4.79 Å². The van der Waals surface area contributed by atoms with Crippen LogP contribution in [0.15, 0.2) is 29.2 Å². The molecule has 1 aliphatic rings. The fourth-order valence-corrected chi connectivity index (χ4v) is 2.65. The maximum absolute atomic E-state index is 12.1. The van der Waals surface area contributed by atoms with E-state index < -0.39 is 17.1 Å². The largest absolute Gasteiger partial charge is 0.497 e. The number of carbonyl (C=O) groups is 3. The Balaban J connectivity index is 2.17. The van der Waals surface area contributed by atoms with Crippen LogP contribution in [0.1, 0.15) is 12.0 Å². The summed E-state index contributed by atoms with van der Waals surface area (Å²) in [5, 5.41) is 8.17. The summed E-state index contributed by atoms with van der Waals surface area (Å²) >= 11 is 0.807. The molecule has 0 unspecified atom stereocenters. The summed E-state index contributed by atoms with van der Waals surface area (Å²) in [5.41, 5.74) is 0.734. The summed E-state index contributed by atoms with van der Waals surface area (Å²) in [7, 11) is 1.54. The maximum atomic E-state index is 12.1. The number of benzene rings is 1. The van der Waals surface area contributed by atoms with E-state index in [2.05, 4.69) is 0 Å². The first-order valence-corrected chi connectivity index (χ1v) is 6.94. The molecule has 2 amide bonds. The van der Waals surface area contributed by atoms with E-state index in [1.54, 1.807) is 37.5 Å². The Morgan fingerprint density at radius 2 is 2.19 bits per heavy atom. The Bertz CT molecular complexity index is 626. The number of aliphatic carboxylic acids is 1. The second-order valence-corrected chi connectivity index (χ2v) is 5.25. The Hall–Kier alpha value is -2.28. The summed E-state index contributed by atoms with van der Waals surface area (Å²) in [4.78, 5) is 35.6. The molecular formula is C14H13NO5S. The molecule has 0 atom stereocenters. The van der Waals surface area contributed by atoms with Gasteiger partial charge in [-0.1, -0.05) is 12.1 Å². The number of hydrogen-bond acceptors (Lipinski definition) is 5. The molecule has 1 fully saturated rings. The van der Waals surface area contributed by atoms with Gasteiger partial charge in [0.05, 0.1) is 18.4 Å². The van der Waals surface area contributed by atoms with Gasteiger partial charge in [0, 0.05) is 6.54 Å². The van der Waals surface area contributed by atoms with Gasteiger partial charge in [-0.3, -0.25) is 19.3 Å². The van der Waals surface area contributed by atoms with Crippen LogP contribution in [0.5, 0.6) is 5.75 Å². The molecule has 1 saturated heterocycles. The molecule has 0 bridgehead atoms. The van der Waals surface area contributed by atoms with E-state index in [1.807, 2.05) is 0 Å². The van der Waals surface area contributed by atoms with Crippen LogP contribution in [-0.2, 0) is 9.59 Å². The van der Waals surface area contributed by atoms with Gasteiger partial charge in [-0.05, 0) is 35.5 Å². The zero-order valence-corrected chi connectivity index (χ0v) is 12.1. The van der Waals surface area contributed by atoms with Gasteiger partial charge in [0.2, 0.25) is 0 Å². The molecule has 1 N–H and O–H groups in total. The van der Waals surface area contributed by atoms with Gasteiger partial charge in [-0.25, -0.2) is 0 Å². The van der Waals surface area contributed by atoms with Crippen LogP contribution >= 0.6 is 11.8 Å². The third-order valence-corrected chi connectivity index (χ3v) is 3.72. The maximum Gasteiger partial charge on any atom is 0.305 e. The summed E-state index contributed by atoms with van der Waals surface area (Å²) in [6.45, 7) is -0.116. The molecule has 6 nitrogen and oxygen atoms in total. The lowest BCUT2D eigenvalue weighted by atomic mass is 10.2. The number of thioether (sulfide) groups is 1. The van der Waals surface area contributed by atoms with Gasteiger partial charge in [0.1, 0.15) is 5.75 Å². The molecule has 1 aromatic carbocycles. The number of carboxylic acid groups (broad SMARTS) is 1. The average Bonchev–Trinajstić information content (AvgIpc) is 2.71. The number of ether oxygens (including phenoxy) is 1. The van der Waals surface area contributed by atoms with E-state index in [0.717, 1.165) is 22.2 Å². The standard InChI is InChI=1S/C14H13NO5S/c1-20-10-4-2-3-9(7-10)8-11-13(18)15(14(19)21-11)6-5-12(16)17/h2-4,7-8H,5-6H2,1H3,(H,16,17). The minimum Gasteiger partial charge on any atom is -0.497 e. The number of carbonyl (C=O) groups excluding carboxylic acids is 2. The molecule has 0 saturated carbocycles. The van der Waals surface area contributed by atoms with Crippen LogP contribution in [-0.4, -0.2) is 40.8 Å². The van der Waals surface area contributed by atoms with E-state index in [9.17, 15) is 14.4 Å². The number of carboxylic acids is 1. The molecule has 0 aromatic heterocycles.